The number of nitrogens with zero attached hydrogens (tertiary/aromatic N) is 5. The van der Waals surface area contributed by atoms with Crippen molar-refractivity contribution in [1.82, 2.24) is 19.8 Å². The summed E-state index contributed by atoms with van der Waals surface area (Å²) >= 11 is 0. The summed E-state index contributed by atoms with van der Waals surface area (Å²) < 4.78 is 8.57. The Balaban J connectivity index is 1.60. The molecule has 8 nitrogen and oxygen atoms in total. The summed E-state index contributed by atoms with van der Waals surface area (Å²) in [6.07, 6.45) is 2.26. The molecule has 8 heteroatoms. The summed E-state index contributed by atoms with van der Waals surface area (Å²) in [4.78, 5) is 17.3. The van der Waals surface area contributed by atoms with Crippen LogP contribution in [0.1, 0.15) is 29.5 Å². The first-order valence-electron chi connectivity index (χ1n) is 9.50. The maximum Gasteiger partial charge on any atom is 0.368 e. The molecule has 0 spiro atoms. The van der Waals surface area contributed by atoms with Crippen molar-refractivity contribution in [3.05, 3.63) is 69.6 Å². The van der Waals surface area contributed by atoms with E-state index < -0.39 is 0 Å². The molecule has 1 fully saturated rings. The van der Waals surface area contributed by atoms with Crippen molar-refractivity contribution in [2.75, 3.05) is 7.11 Å². The minimum Gasteiger partial charge on any atom is -0.489 e. The third kappa shape index (κ3) is 3.91. The fraction of sp³-hybridized carbons (Fsp3) is 0.333. The zero-order valence-corrected chi connectivity index (χ0v) is 16.7. The third-order valence-electron chi connectivity index (χ3n) is 5.00. The van der Waals surface area contributed by atoms with Crippen LogP contribution in [0.3, 0.4) is 0 Å². The van der Waals surface area contributed by atoms with Gasteiger partial charge in [0.1, 0.15) is 19.5 Å². The molecule has 29 heavy (non-hydrogen) atoms. The van der Waals surface area contributed by atoms with Gasteiger partial charge in [0.15, 0.2) is 0 Å². The van der Waals surface area contributed by atoms with Gasteiger partial charge in [0.2, 0.25) is 0 Å². The van der Waals surface area contributed by atoms with Crippen LogP contribution in [0.15, 0.2) is 52.4 Å². The van der Waals surface area contributed by atoms with Crippen molar-refractivity contribution in [1.29, 1.82) is 0 Å². The number of tetrazole rings is 1. The molecule has 0 bridgehead atoms. The van der Waals surface area contributed by atoms with Crippen molar-refractivity contribution < 1.29 is 9.57 Å². The van der Waals surface area contributed by atoms with Gasteiger partial charge in [-0.3, -0.25) is 0 Å². The molecule has 0 radical (unpaired) electrons. The Morgan fingerprint density at radius 2 is 2.00 bits per heavy atom. The molecule has 4 rings (SSSR count). The number of oxime groups is 1. The van der Waals surface area contributed by atoms with Crippen molar-refractivity contribution in [3.8, 4) is 11.4 Å². The fourth-order valence-corrected chi connectivity index (χ4v) is 3.26. The van der Waals surface area contributed by atoms with Crippen LogP contribution in [0.4, 0.5) is 0 Å². The minimum atomic E-state index is -0.302. The van der Waals surface area contributed by atoms with E-state index in [1.165, 1.54) is 9.36 Å². The lowest BCUT2D eigenvalue weighted by atomic mass is 10.1. The average Bonchev–Trinajstić information content (AvgIpc) is 3.51. The van der Waals surface area contributed by atoms with Gasteiger partial charge in [-0.25, -0.2) is 4.79 Å². The predicted octanol–water partition coefficient (Wildman–Crippen LogP) is 2.61. The van der Waals surface area contributed by atoms with Gasteiger partial charge in [-0.05, 0) is 54.0 Å². The number of benzene rings is 2. The summed E-state index contributed by atoms with van der Waals surface area (Å²) in [5.41, 5.74) is 4.22. The molecular weight excluding hydrogens is 370 g/mol. The Labute approximate surface area is 168 Å². The highest BCUT2D eigenvalue weighted by molar-refractivity contribution is 6.03. The molecule has 150 valence electrons. The van der Waals surface area contributed by atoms with E-state index in [0.29, 0.717) is 18.2 Å². The highest BCUT2D eigenvalue weighted by atomic mass is 16.6. The molecule has 2 aromatic carbocycles. The average molecular weight is 393 g/mol. The monoisotopic (exact) mass is 393 g/mol. The number of aryl methyl sites for hydroxylation is 2. The molecule has 1 aromatic heterocycles. The summed E-state index contributed by atoms with van der Waals surface area (Å²) in [5, 5.41) is 12.0. The molecule has 0 aliphatic heterocycles. The largest absolute Gasteiger partial charge is 0.489 e. The molecular formula is C21H23N5O3. The van der Waals surface area contributed by atoms with Crippen LogP contribution in [0.5, 0.6) is 5.75 Å². The lowest BCUT2D eigenvalue weighted by Gasteiger charge is -2.14. The molecule has 1 aliphatic carbocycles. The zero-order valence-electron chi connectivity index (χ0n) is 16.7. The van der Waals surface area contributed by atoms with Crippen molar-refractivity contribution in [2.24, 2.45) is 18.1 Å². The van der Waals surface area contributed by atoms with Crippen molar-refractivity contribution in [3.63, 3.8) is 0 Å². The van der Waals surface area contributed by atoms with Crippen LogP contribution in [0.2, 0.25) is 0 Å². The van der Waals surface area contributed by atoms with E-state index in [0.717, 1.165) is 41.0 Å². The van der Waals surface area contributed by atoms with Crippen LogP contribution in [0.25, 0.3) is 5.69 Å². The normalized spacial score (nSPS) is 14.1. The number of ether oxygens (including phenoxy) is 1. The number of hydrogen-bond acceptors (Lipinski definition) is 6. The first-order valence-corrected chi connectivity index (χ1v) is 9.50. The lowest BCUT2D eigenvalue weighted by Crippen LogP contribution is -2.23. The van der Waals surface area contributed by atoms with Crippen molar-refractivity contribution in [2.45, 2.75) is 26.4 Å². The second-order valence-corrected chi connectivity index (χ2v) is 7.12. The third-order valence-corrected chi connectivity index (χ3v) is 5.00. The van der Waals surface area contributed by atoms with Gasteiger partial charge < -0.3 is 9.57 Å². The van der Waals surface area contributed by atoms with E-state index in [1.807, 2.05) is 49.4 Å². The minimum absolute atomic E-state index is 0.300. The van der Waals surface area contributed by atoms with E-state index in [-0.39, 0.29) is 5.69 Å². The zero-order chi connectivity index (χ0) is 20.4. The molecule has 0 N–H and O–H groups in total. The summed E-state index contributed by atoms with van der Waals surface area (Å²) in [5.74, 6) is 1.18. The molecule has 3 aromatic rings. The van der Waals surface area contributed by atoms with Gasteiger partial charge in [-0.15, -0.1) is 0 Å². The van der Waals surface area contributed by atoms with Gasteiger partial charge in [0.25, 0.3) is 0 Å². The molecule has 0 saturated heterocycles. The Morgan fingerprint density at radius 3 is 2.69 bits per heavy atom. The van der Waals surface area contributed by atoms with Crippen LogP contribution in [-0.4, -0.2) is 32.6 Å². The molecule has 0 amide bonds. The van der Waals surface area contributed by atoms with Gasteiger partial charge in [-0.1, -0.05) is 29.4 Å². The Kier molecular flexibility index (Phi) is 5.16. The van der Waals surface area contributed by atoms with E-state index in [9.17, 15) is 4.79 Å². The first kappa shape index (κ1) is 18.9. The number of aromatic nitrogens is 4. The number of rotatable bonds is 7. The van der Waals surface area contributed by atoms with Gasteiger partial charge in [0.05, 0.1) is 11.4 Å². The van der Waals surface area contributed by atoms with Gasteiger partial charge in [0, 0.05) is 24.1 Å². The maximum absolute atomic E-state index is 12.3. The van der Waals surface area contributed by atoms with E-state index in [4.69, 9.17) is 9.57 Å². The molecule has 1 heterocycles. The standard InChI is InChI=1S/C21H23N5O3/c1-14-6-4-9-19(26-21(27)25(2)23-24-26)18(14)13-29-17-8-5-7-16(12-17)20(22-28-3)15-10-11-15/h4-9,12,15H,10-11,13H2,1-3H3. The smallest absolute Gasteiger partial charge is 0.368 e. The van der Waals surface area contributed by atoms with E-state index in [2.05, 4.69) is 15.6 Å². The van der Waals surface area contributed by atoms with Crippen LogP contribution in [0, 0.1) is 12.8 Å². The van der Waals surface area contributed by atoms with Crippen LogP contribution < -0.4 is 10.4 Å². The molecule has 0 unspecified atom stereocenters. The highest BCUT2D eigenvalue weighted by Crippen LogP contribution is 2.34. The highest BCUT2D eigenvalue weighted by Gasteiger charge is 2.29. The number of hydrogen-bond donors (Lipinski definition) is 0. The predicted molar refractivity (Wildman–Crippen MR) is 108 cm³/mol. The van der Waals surface area contributed by atoms with Gasteiger partial charge in [-0.2, -0.15) is 9.36 Å². The van der Waals surface area contributed by atoms with E-state index >= 15 is 0 Å². The van der Waals surface area contributed by atoms with Crippen LogP contribution >= 0.6 is 0 Å². The van der Waals surface area contributed by atoms with Gasteiger partial charge >= 0.3 is 5.69 Å². The lowest BCUT2D eigenvalue weighted by molar-refractivity contribution is 0.212. The van der Waals surface area contributed by atoms with Crippen LogP contribution in [-0.2, 0) is 18.5 Å². The summed E-state index contributed by atoms with van der Waals surface area (Å²) in [6, 6.07) is 13.6. The first-order chi connectivity index (χ1) is 14.1. The fourth-order valence-electron chi connectivity index (χ4n) is 3.26. The van der Waals surface area contributed by atoms with E-state index in [1.54, 1.807) is 14.2 Å². The molecule has 1 saturated carbocycles. The molecule has 1 aliphatic rings. The molecule has 0 atom stereocenters. The second kappa shape index (κ2) is 7.90. The second-order valence-electron chi connectivity index (χ2n) is 7.12. The SMILES string of the molecule is CON=C(c1cccc(OCc2c(C)cccc2-n2nnn(C)c2=O)c1)C1CC1. The quantitative estimate of drug-likeness (QED) is 0.455. The summed E-state index contributed by atoms with van der Waals surface area (Å²) in [6.45, 7) is 2.28. The Hall–Kier alpha value is -3.42. The van der Waals surface area contributed by atoms with Crippen molar-refractivity contribution >= 4 is 5.71 Å². The summed E-state index contributed by atoms with van der Waals surface area (Å²) in [7, 11) is 3.14. The maximum atomic E-state index is 12.3. The topological polar surface area (TPSA) is 83.5 Å². The Bertz CT molecular complexity index is 1110. The Morgan fingerprint density at radius 1 is 1.21 bits per heavy atom.